The van der Waals surface area contributed by atoms with Crippen LogP contribution in [0.15, 0.2) is 55.1 Å². The zero-order chi connectivity index (χ0) is 14.8. The number of H-pyrrole nitrogens is 1. The number of nitro groups is 1. The summed E-state index contributed by atoms with van der Waals surface area (Å²) < 4.78 is 0. The van der Waals surface area contributed by atoms with Crippen LogP contribution in [0.2, 0.25) is 0 Å². The molecule has 2 N–H and O–H groups in total. The van der Waals surface area contributed by atoms with Crippen LogP contribution in [0.3, 0.4) is 0 Å². The Kier molecular flexibility index (Phi) is 3.12. The number of benzene rings is 2. The first kappa shape index (κ1) is 12.9. The van der Waals surface area contributed by atoms with Gasteiger partial charge in [-0.15, -0.1) is 0 Å². The third kappa shape index (κ3) is 2.46. The lowest BCUT2D eigenvalue weighted by molar-refractivity contribution is -0.384. The highest BCUT2D eigenvalue weighted by molar-refractivity contribution is 5.93. The second kappa shape index (κ2) is 5.09. The zero-order valence-electron chi connectivity index (χ0n) is 11.0. The molecule has 0 aliphatic carbocycles. The predicted octanol–water partition coefficient (Wildman–Crippen LogP) is 3.55. The van der Waals surface area contributed by atoms with E-state index in [1.165, 1.54) is 12.1 Å². The van der Waals surface area contributed by atoms with Crippen molar-refractivity contribution in [3.05, 3.63) is 70.9 Å². The number of nitrogens with zero attached hydrogens (tertiary/aromatic N) is 2. The highest BCUT2D eigenvalue weighted by atomic mass is 16.6. The molecule has 21 heavy (non-hydrogen) atoms. The summed E-state index contributed by atoms with van der Waals surface area (Å²) in [6, 6.07) is 14.1. The Morgan fingerprint density at radius 3 is 2.71 bits per heavy atom. The molecule has 0 fully saturated rings. The van der Waals surface area contributed by atoms with E-state index < -0.39 is 4.92 Å². The molecule has 1 heterocycles. The molecule has 3 rings (SSSR count). The maximum Gasteiger partial charge on any atom is 0.270 e. The fraction of sp³-hybridized carbons (Fsp3) is 0. The van der Waals surface area contributed by atoms with E-state index in [0.717, 1.165) is 11.2 Å². The summed E-state index contributed by atoms with van der Waals surface area (Å²) in [6.07, 6.45) is 0. The lowest BCUT2D eigenvalue weighted by Crippen LogP contribution is -1.98. The smallest absolute Gasteiger partial charge is 0.270 e. The van der Waals surface area contributed by atoms with Gasteiger partial charge >= 0.3 is 0 Å². The highest BCUT2D eigenvalue weighted by Crippen LogP contribution is 2.26. The minimum atomic E-state index is -0.427. The van der Waals surface area contributed by atoms with Gasteiger partial charge in [-0.1, -0.05) is 24.8 Å². The van der Waals surface area contributed by atoms with Gasteiger partial charge in [0.05, 0.1) is 16.1 Å². The Morgan fingerprint density at radius 1 is 1.24 bits per heavy atom. The first-order valence-corrected chi connectivity index (χ1v) is 6.29. The van der Waals surface area contributed by atoms with Gasteiger partial charge in [-0.3, -0.25) is 15.2 Å². The van der Waals surface area contributed by atoms with Crippen molar-refractivity contribution >= 4 is 28.0 Å². The fourth-order valence-corrected chi connectivity index (χ4v) is 2.10. The average molecular weight is 280 g/mol. The number of aromatic amines is 1. The van der Waals surface area contributed by atoms with E-state index in [9.17, 15) is 10.1 Å². The van der Waals surface area contributed by atoms with Crippen molar-refractivity contribution in [2.24, 2.45) is 0 Å². The SMILES string of the molecule is C=C(Nc1ccccc1)c1n[nH]c2ccc([N+](=O)[O-])cc12. The molecule has 2 aromatic carbocycles. The normalized spacial score (nSPS) is 10.5. The molecule has 3 aromatic rings. The Bertz CT molecular complexity index is 824. The van der Waals surface area contributed by atoms with E-state index in [-0.39, 0.29) is 5.69 Å². The number of hydrogen-bond acceptors (Lipinski definition) is 4. The number of fused-ring (bicyclic) bond motifs is 1. The molecule has 0 spiro atoms. The van der Waals surface area contributed by atoms with E-state index in [2.05, 4.69) is 22.1 Å². The molecule has 0 amide bonds. The van der Waals surface area contributed by atoms with Crippen LogP contribution in [0, 0.1) is 10.1 Å². The molecule has 0 radical (unpaired) electrons. The molecule has 6 nitrogen and oxygen atoms in total. The molecule has 0 aliphatic heterocycles. The molecule has 0 saturated heterocycles. The van der Waals surface area contributed by atoms with E-state index in [0.29, 0.717) is 16.8 Å². The Balaban J connectivity index is 1.98. The molecule has 0 aliphatic rings. The summed E-state index contributed by atoms with van der Waals surface area (Å²) in [4.78, 5) is 10.4. The third-order valence-electron chi connectivity index (χ3n) is 3.11. The van der Waals surface area contributed by atoms with Crippen molar-refractivity contribution in [2.45, 2.75) is 0 Å². The molecular weight excluding hydrogens is 268 g/mol. The van der Waals surface area contributed by atoms with Crippen molar-refractivity contribution in [2.75, 3.05) is 5.32 Å². The van der Waals surface area contributed by atoms with Crippen LogP contribution in [0.1, 0.15) is 5.69 Å². The van der Waals surface area contributed by atoms with Crippen LogP contribution in [-0.2, 0) is 0 Å². The van der Waals surface area contributed by atoms with Crippen LogP contribution in [-0.4, -0.2) is 15.1 Å². The largest absolute Gasteiger partial charge is 0.354 e. The highest BCUT2D eigenvalue weighted by Gasteiger charge is 2.13. The summed E-state index contributed by atoms with van der Waals surface area (Å²) in [5.41, 5.74) is 2.78. The van der Waals surface area contributed by atoms with Crippen LogP contribution in [0.5, 0.6) is 0 Å². The summed E-state index contributed by atoms with van der Waals surface area (Å²) in [5.74, 6) is 0. The number of anilines is 1. The van der Waals surface area contributed by atoms with Gasteiger partial charge in [-0.25, -0.2) is 0 Å². The Morgan fingerprint density at radius 2 is 2.00 bits per heavy atom. The average Bonchev–Trinajstić information content (AvgIpc) is 2.91. The van der Waals surface area contributed by atoms with Crippen molar-refractivity contribution in [1.82, 2.24) is 10.2 Å². The number of rotatable bonds is 4. The first-order valence-electron chi connectivity index (χ1n) is 6.29. The van der Waals surface area contributed by atoms with Gasteiger partial charge in [0.2, 0.25) is 0 Å². The van der Waals surface area contributed by atoms with E-state index in [1.807, 2.05) is 30.3 Å². The maximum atomic E-state index is 10.9. The van der Waals surface area contributed by atoms with Gasteiger partial charge in [-0.2, -0.15) is 5.10 Å². The van der Waals surface area contributed by atoms with E-state index in [4.69, 9.17) is 0 Å². The number of non-ortho nitro benzene ring substituents is 1. The second-order valence-corrected chi connectivity index (χ2v) is 4.53. The number of hydrogen-bond donors (Lipinski definition) is 2. The van der Waals surface area contributed by atoms with Crippen LogP contribution >= 0.6 is 0 Å². The fourth-order valence-electron chi connectivity index (χ4n) is 2.10. The van der Waals surface area contributed by atoms with Gasteiger partial charge in [0.1, 0.15) is 5.69 Å². The lowest BCUT2D eigenvalue weighted by atomic mass is 10.1. The molecule has 0 bridgehead atoms. The van der Waals surface area contributed by atoms with Crippen molar-refractivity contribution in [3.63, 3.8) is 0 Å². The molecule has 0 atom stereocenters. The van der Waals surface area contributed by atoms with Crippen LogP contribution < -0.4 is 5.32 Å². The van der Waals surface area contributed by atoms with Gasteiger partial charge in [0.25, 0.3) is 5.69 Å². The quantitative estimate of drug-likeness (QED) is 0.565. The molecule has 0 saturated carbocycles. The lowest BCUT2D eigenvalue weighted by Gasteiger charge is -2.07. The molecule has 0 unspecified atom stereocenters. The maximum absolute atomic E-state index is 10.9. The summed E-state index contributed by atoms with van der Waals surface area (Å²) in [5, 5.41) is 21.7. The summed E-state index contributed by atoms with van der Waals surface area (Å²) in [6.45, 7) is 3.95. The van der Waals surface area contributed by atoms with Gasteiger partial charge < -0.3 is 5.32 Å². The first-order chi connectivity index (χ1) is 10.1. The predicted molar refractivity (Wildman–Crippen MR) is 81.8 cm³/mol. The minimum absolute atomic E-state index is 0.0256. The van der Waals surface area contributed by atoms with Crippen molar-refractivity contribution in [3.8, 4) is 0 Å². The standard InChI is InChI=1S/C15H12N4O2/c1-10(16-11-5-3-2-4-6-11)15-13-9-12(19(20)21)7-8-14(13)17-18-15/h2-9,16H,1H2,(H,17,18). The Hall–Kier alpha value is -3.15. The third-order valence-corrected chi connectivity index (χ3v) is 3.11. The summed E-state index contributed by atoms with van der Waals surface area (Å²) >= 11 is 0. The molecule has 104 valence electrons. The number of para-hydroxylation sites is 1. The van der Waals surface area contributed by atoms with Crippen LogP contribution in [0.4, 0.5) is 11.4 Å². The monoisotopic (exact) mass is 280 g/mol. The van der Waals surface area contributed by atoms with Gasteiger partial charge in [-0.05, 0) is 18.2 Å². The van der Waals surface area contributed by atoms with Crippen molar-refractivity contribution in [1.29, 1.82) is 0 Å². The number of nitrogens with one attached hydrogen (secondary N) is 2. The van der Waals surface area contributed by atoms with Crippen LogP contribution in [0.25, 0.3) is 16.6 Å². The minimum Gasteiger partial charge on any atom is -0.354 e. The Labute approximate surface area is 120 Å². The van der Waals surface area contributed by atoms with Gasteiger partial charge in [0.15, 0.2) is 0 Å². The number of nitro benzene ring substituents is 1. The molecule has 1 aromatic heterocycles. The van der Waals surface area contributed by atoms with E-state index in [1.54, 1.807) is 6.07 Å². The molecule has 6 heteroatoms. The van der Waals surface area contributed by atoms with Gasteiger partial charge in [0, 0.05) is 23.2 Å². The summed E-state index contributed by atoms with van der Waals surface area (Å²) in [7, 11) is 0. The van der Waals surface area contributed by atoms with Crippen molar-refractivity contribution < 1.29 is 4.92 Å². The number of aromatic nitrogens is 2. The molecular formula is C15H12N4O2. The van der Waals surface area contributed by atoms with E-state index >= 15 is 0 Å². The zero-order valence-corrected chi connectivity index (χ0v) is 11.0. The topological polar surface area (TPSA) is 83.8 Å². The second-order valence-electron chi connectivity index (χ2n) is 4.53.